The molecule has 0 saturated carbocycles. The molecule has 2 fully saturated rings. The lowest BCUT2D eigenvalue weighted by molar-refractivity contribution is -0.308. The van der Waals surface area contributed by atoms with Crippen molar-refractivity contribution in [2.45, 2.75) is 349 Å². The largest absolute Gasteiger partial charge is 0.475 e. The molecule has 2 amide bonds. The van der Waals surface area contributed by atoms with Crippen LogP contribution in [0.25, 0.3) is 0 Å². The Kier molecular flexibility index (Phi) is 47.6. The van der Waals surface area contributed by atoms with E-state index in [-0.39, 0.29) is 52.5 Å². The zero-order chi connectivity index (χ0) is 81.3. The Bertz CT molecular complexity index is 3280. The van der Waals surface area contributed by atoms with Gasteiger partial charge in [-0.15, -0.1) is 6.58 Å². The number of phosphoric acid groups is 1. The van der Waals surface area contributed by atoms with Gasteiger partial charge in [0.25, 0.3) is 0 Å². The van der Waals surface area contributed by atoms with E-state index in [4.69, 9.17) is 95.7 Å². The SMILES string of the molecule is C=CCO[C@H]1O[C@H](CO[C@@H]2O[C@H](COCc3ccccc3)[C@@H](OP3(=O)OCc4ccccc4CO3)[C@H](OC(=O)C[C@@H](CCCCCCCCCCC)OC(=O)CCCCCCCCCCCCC)[C@H]2NC(=O)OCC(Cl)(Cl)Cl)[C@@H](OCc2ccccc2)[C@H](O)[C@H]1NC(=O)C[C@@H](CCCCCCCCCCC)OCc1ccccc1. The van der Waals surface area contributed by atoms with Gasteiger partial charge in [-0.1, -0.05) is 350 Å². The fraction of sp³-hybridized carbons (Fsp3) is 0.663. The van der Waals surface area contributed by atoms with Gasteiger partial charge in [-0.3, -0.25) is 28.0 Å². The molecule has 7 rings (SSSR count). The Balaban J connectivity index is 1.22. The number of aliphatic hydroxyl groups excluding tert-OH is 1. The Labute approximate surface area is 694 Å². The number of carbonyl (C=O) groups is 4. The number of unbranched alkanes of at least 4 members (excludes halogenated alkanes) is 26. The molecule has 0 radical (unpaired) electrons. The fourth-order valence-electron chi connectivity index (χ4n) is 14.5. The number of alkyl carbamates (subject to hydrolysis) is 1. The van der Waals surface area contributed by atoms with Crippen LogP contribution in [-0.2, 0) is 113 Å². The first kappa shape index (κ1) is 96.1. The van der Waals surface area contributed by atoms with Gasteiger partial charge in [0.2, 0.25) is 9.70 Å². The molecule has 114 heavy (non-hydrogen) atoms. The minimum Gasteiger partial charge on any atom is -0.462 e. The number of rotatable bonds is 59. The van der Waals surface area contributed by atoms with E-state index in [0.717, 1.165) is 107 Å². The molecular formula is C89H132Cl3N2O19P. The minimum absolute atomic E-state index is 0.0260. The van der Waals surface area contributed by atoms with E-state index in [0.29, 0.717) is 43.4 Å². The summed E-state index contributed by atoms with van der Waals surface area (Å²) >= 11 is 18.6. The molecule has 3 heterocycles. The van der Waals surface area contributed by atoms with E-state index in [1.165, 1.54) is 89.5 Å². The number of alkyl halides is 3. The van der Waals surface area contributed by atoms with Crippen LogP contribution < -0.4 is 10.6 Å². The first-order valence-electron chi connectivity index (χ1n) is 42.5. The van der Waals surface area contributed by atoms with Crippen LogP contribution in [0, 0.1) is 0 Å². The number of halogens is 3. The molecule has 0 bridgehead atoms. The number of phosphoric ester groups is 1. The highest BCUT2D eigenvalue weighted by Gasteiger charge is 2.55. The van der Waals surface area contributed by atoms with Crippen LogP contribution in [0.15, 0.2) is 128 Å². The summed E-state index contributed by atoms with van der Waals surface area (Å²) in [4.78, 5) is 58.5. The first-order valence-corrected chi connectivity index (χ1v) is 45.1. The highest BCUT2D eigenvalue weighted by molar-refractivity contribution is 7.48. The average molecular weight is 1670 g/mol. The third-order valence-electron chi connectivity index (χ3n) is 20.9. The van der Waals surface area contributed by atoms with Gasteiger partial charge < -0.3 is 63.1 Å². The molecule has 3 aliphatic rings. The number of amides is 2. The van der Waals surface area contributed by atoms with Crippen LogP contribution in [-0.4, -0.2) is 133 Å². The molecule has 0 aromatic heterocycles. The lowest BCUT2D eigenvalue weighted by atomic mass is 9.95. The molecular weight excluding hydrogens is 1540 g/mol. The molecule has 4 aromatic carbocycles. The third kappa shape index (κ3) is 38.3. The lowest BCUT2D eigenvalue weighted by Crippen LogP contribution is -2.68. The molecule has 3 N–H and O–H groups in total. The van der Waals surface area contributed by atoms with Crippen molar-refractivity contribution >= 4 is 66.6 Å². The summed E-state index contributed by atoms with van der Waals surface area (Å²) in [6.07, 6.45) is 18.9. The molecule has 0 spiro atoms. The van der Waals surface area contributed by atoms with Gasteiger partial charge in [-0.25, -0.2) is 9.36 Å². The maximum absolute atomic E-state index is 15.4. The monoisotopic (exact) mass is 1670 g/mol. The number of aliphatic hydroxyl groups is 1. The van der Waals surface area contributed by atoms with E-state index >= 15 is 9.36 Å². The van der Waals surface area contributed by atoms with Crippen molar-refractivity contribution in [3.05, 3.63) is 156 Å². The van der Waals surface area contributed by atoms with Gasteiger partial charge in [-0.05, 0) is 53.5 Å². The van der Waals surface area contributed by atoms with Gasteiger partial charge in [-0.2, -0.15) is 0 Å². The predicted molar refractivity (Wildman–Crippen MR) is 444 cm³/mol. The molecule has 21 nitrogen and oxygen atoms in total. The van der Waals surface area contributed by atoms with E-state index in [9.17, 15) is 19.5 Å². The summed E-state index contributed by atoms with van der Waals surface area (Å²) < 4.78 is 97.1. The van der Waals surface area contributed by atoms with Crippen LogP contribution >= 0.6 is 42.6 Å². The maximum atomic E-state index is 15.4. The smallest absolute Gasteiger partial charge is 0.462 e. The molecule has 2 saturated heterocycles. The Morgan fingerprint density at radius 1 is 0.526 bits per heavy atom. The van der Waals surface area contributed by atoms with Gasteiger partial charge in [0.15, 0.2) is 18.7 Å². The number of hydrogen-bond donors (Lipinski definition) is 3. The molecule has 12 atom stereocenters. The molecule has 25 heteroatoms. The summed E-state index contributed by atoms with van der Waals surface area (Å²) in [6, 6.07) is 32.6. The number of esters is 2. The highest BCUT2D eigenvalue weighted by atomic mass is 35.6. The molecule has 4 aromatic rings. The predicted octanol–water partition coefficient (Wildman–Crippen LogP) is 20.7. The zero-order valence-corrected chi connectivity index (χ0v) is 71.1. The minimum atomic E-state index is -4.75. The average Bonchev–Trinajstić information content (AvgIpc) is 0.949. The number of nitrogens with one attached hydrogen (secondary N) is 2. The first-order chi connectivity index (χ1) is 55.5. The van der Waals surface area contributed by atoms with Crippen LogP contribution in [0.5, 0.6) is 0 Å². The maximum Gasteiger partial charge on any atom is 0.475 e. The van der Waals surface area contributed by atoms with Gasteiger partial charge in [0.1, 0.15) is 55.3 Å². The van der Waals surface area contributed by atoms with Crippen molar-refractivity contribution in [1.29, 1.82) is 0 Å². The second-order valence-electron chi connectivity index (χ2n) is 30.5. The number of benzene rings is 4. The molecule has 638 valence electrons. The van der Waals surface area contributed by atoms with E-state index in [1.807, 2.05) is 103 Å². The molecule has 0 unspecified atom stereocenters. The van der Waals surface area contributed by atoms with Crippen molar-refractivity contribution in [3.63, 3.8) is 0 Å². The van der Waals surface area contributed by atoms with Crippen molar-refractivity contribution in [2.24, 2.45) is 0 Å². The topological polar surface area (TPSA) is 250 Å². The number of fused-ring (bicyclic) bond motifs is 1. The summed E-state index contributed by atoms with van der Waals surface area (Å²) in [5, 5.41) is 18.7. The second-order valence-corrected chi connectivity index (χ2v) is 34.6. The number of carbonyl (C=O) groups excluding carboxylic acids is 4. The van der Waals surface area contributed by atoms with Crippen LogP contribution in [0.2, 0.25) is 0 Å². The summed E-state index contributed by atoms with van der Waals surface area (Å²) in [6.45, 7) is 8.62. The Hall–Kier alpha value is -5.04. The lowest BCUT2D eigenvalue weighted by Gasteiger charge is -2.47. The van der Waals surface area contributed by atoms with Crippen molar-refractivity contribution in [2.75, 3.05) is 26.4 Å². The van der Waals surface area contributed by atoms with Crippen LogP contribution in [0.3, 0.4) is 0 Å². The van der Waals surface area contributed by atoms with E-state index in [2.05, 4.69) is 38.0 Å². The quantitative estimate of drug-likeness (QED) is 0.00928. The Morgan fingerprint density at radius 2 is 0.991 bits per heavy atom. The summed E-state index contributed by atoms with van der Waals surface area (Å²) in [5.41, 5.74) is 3.83. The highest BCUT2D eigenvalue weighted by Crippen LogP contribution is 2.55. The second kappa shape index (κ2) is 56.4. The van der Waals surface area contributed by atoms with Crippen molar-refractivity contribution in [1.82, 2.24) is 10.6 Å². The molecule has 0 aliphatic carbocycles. The van der Waals surface area contributed by atoms with E-state index in [1.54, 1.807) is 12.1 Å². The summed E-state index contributed by atoms with van der Waals surface area (Å²) in [7, 11) is -4.75. The van der Waals surface area contributed by atoms with Gasteiger partial charge >= 0.3 is 25.9 Å². The standard InChI is InChI=1S/C89H132Cl3N2O19P/c1-5-9-12-15-18-21-22-25-28-31-43-56-78(96)109-74(55-42-30-27-24-20-17-14-11-7-3)59-79(97)112-85-81(94-88(99)106-67-89(90,91)92)87(110-75(65-101-60-68-46-35-32-36-47-68)84(85)113-114(100)107-63-71-52-44-45-53-72(71)64-108-114)105-66-76-83(104-62-70-50-39-34-40-51-70)82(98)80(86(111-76)102-57-8-4)93-77(95)58-73(103-61-69-48-37-33-38-49-69)54-41-29-26-23-19-16-13-10-6-2/h8,32-40,44-53,73-76,80-87,98H,4-7,9-31,41-43,54-67H2,1-3H3,(H,93,95)(H,94,99)/t73-,74-,75-,76-,80-,81-,82-,83-,84-,85-,86+,87-/m1/s1. The summed E-state index contributed by atoms with van der Waals surface area (Å²) in [5.74, 6) is -1.78. The van der Waals surface area contributed by atoms with E-state index < -0.39 is 129 Å². The normalized spacial score (nSPS) is 21.4. The van der Waals surface area contributed by atoms with Crippen LogP contribution in [0.4, 0.5) is 4.79 Å². The van der Waals surface area contributed by atoms with Crippen molar-refractivity contribution in [3.8, 4) is 0 Å². The molecule has 3 aliphatic heterocycles. The Morgan fingerprint density at radius 3 is 1.51 bits per heavy atom. The van der Waals surface area contributed by atoms with Crippen molar-refractivity contribution < 1.29 is 89.8 Å². The number of ether oxygens (including phenoxy) is 10. The van der Waals surface area contributed by atoms with Gasteiger partial charge in [0, 0.05) is 6.42 Å². The number of hydrogen-bond acceptors (Lipinski definition) is 19. The van der Waals surface area contributed by atoms with Crippen LogP contribution in [0.1, 0.15) is 267 Å². The van der Waals surface area contributed by atoms with Gasteiger partial charge in [0.05, 0.1) is 71.8 Å². The third-order valence-corrected chi connectivity index (χ3v) is 22.6. The zero-order valence-electron chi connectivity index (χ0n) is 68.0. The fourth-order valence-corrected chi connectivity index (χ4v) is 16.0.